The highest BCUT2D eigenvalue weighted by Crippen LogP contribution is 2.32. The Morgan fingerprint density at radius 3 is 2.50 bits per heavy atom. The highest BCUT2D eigenvalue weighted by atomic mass is 32.2. The molecule has 0 aliphatic heterocycles. The van der Waals surface area contributed by atoms with Crippen LogP contribution in [0, 0.1) is 0 Å². The number of aromatic nitrogens is 4. The molecule has 0 spiro atoms. The van der Waals surface area contributed by atoms with Crippen LogP contribution in [0.25, 0.3) is 16.7 Å². The van der Waals surface area contributed by atoms with Crippen LogP contribution in [-0.4, -0.2) is 46.3 Å². The van der Waals surface area contributed by atoms with E-state index in [1.165, 1.54) is 12.1 Å². The van der Waals surface area contributed by atoms with Gasteiger partial charge in [-0.15, -0.1) is 5.10 Å². The fraction of sp³-hybridized carbons (Fsp3) is 0.200. The van der Waals surface area contributed by atoms with E-state index in [9.17, 15) is 26.4 Å². The number of nitrogens with zero attached hydrogens (tertiary/aromatic N) is 4. The summed E-state index contributed by atoms with van der Waals surface area (Å²) in [7, 11) is -5.99. The number of rotatable bonds is 5. The normalized spacial score (nSPS) is 12.1. The summed E-state index contributed by atoms with van der Waals surface area (Å²) < 4.78 is 71.2. The monoisotopic (exact) mass is 416 g/mol. The van der Waals surface area contributed by atoms with Crippen LogP contribution < -0.4 is 4.18 Å². The lowest BCUT2D eigenvalue weighted by Gasteiger charge is -2.11. The lowest BCUT2D eigenvalue weighted by Crippen LogP contribution is -2.28. The van der Waals surface area contributed by atoms with Crippen LogP contribution >= 0.6 is 0 Å². The molecular formula is C15H11F3N4O5S. The summed E-state index contributed by atoms with van der Waals surface area (Å²) in [6, 6.07) is 7.66. The van der Waals surface area contributed by atoms with Gasteiger partial charge in [0.15, 0.2) is 5.65 Å². The van der Waals surface area contributed by atoms with E-state index in [2.05, 4.69) is 19.2 Å². The Morgan fingerprint density at radius 1 is 1.21 bits per heavy atom. The maximum atomic E-state index is 12.8. The maximum absolute atomic E-state index is 12.8. The minimum atomic E-state index is -5.99. The number of hydrogen-bond donors (Lipinski definition) is 0. The highest BCUT2D eigenvalue weighted by Gasteiger charge is 2.49. The molecule has 13 heteroatoms. The number of carbonyl (C=O) groups is 1. The van der Waals surface area contributed by atoms with Crippen LogP contribution in [0.5, 0.6) is 5.88 Å². The van der Waals surface area contributed by atoms with Crippen molar-refractivity contribution in [3.05, 3.63) is 42.4 Å². The van der Waals surface area contributed by atoms with Crippen molar-refractivity contribution in [2.75, 3.05) is 6.61 Å². The van der Waals surface area contributed by atoms with Gasteiger partial charge in [0, 0.05) is 6.20 Å². The third-order valence-corrected chi connectivity index (χ3v) is 4.26. The van der Waals surface area contributed by atoms with E-state index in [1.807, 2.05) is 0 Å². The van der Waals surface area contributed by atoms with Gasteiger partial charge in [0.05, 0.1) is 12.3 Å². The van der Waals surface area contributed by atoms with Crippen LogP contribution in [0.15, 0.2) is 36.5 Å². The summed E-state index contributed by atoms with van der Waals surface area (Å²) in [5, 5.41) is 3.71. The Balaban J connectivity index is 2.20. The van der Waals surface area contributed by atoms with E-state index < -0.39 is 33.3 Å². The Labute approximate surface area is 155 Å². The van der Waals surface area contributed by atoms with Crippen molar-refractivity contribution in [1.82, 2.24) is 19.7 Å². The van der Waals surface area contributed by atoms with E-state index >= 15 is 0 Å². The first-order chi connectivity index (χ1) is 13.1. The zero-order chi connectivity index (χ0) is 20.5. The molecule has 0 saturated heterocycles. The SMILES string of the molecule is CCOC(=O)c1ncc2c(OS(=O)(=O)C(F)(F)F)n(-c3ccccc3)nc2n1. The molecule has 0 aliphatic rings. The number of ether oxygens (including phenoxy) is 1. The molecule has 3 rings (SSSR count). The van der Waals surface area contributed by atoms with E-state index in [1.54, 1.807) is 25.1 Å². The number of para-hydroxylation sites is 1. The third kappa shape index (κ3) is 3.60. The standard InChI is InChI=1S/C15H11F3N4O5S/c1-2-26-14(23)12-19-8-10-11(20-12)21-22(9-6-4-3-5-7-9)13(10)27-28(24,25)15(16,17)18/h3-8H,2H2,1H3. The van der Waals surface area contributed by atoms with E-state index in [0.29, 0.717) is 0 Å². The molecule has 0 radical (unpaired) electrons. The van der Waals surface area contributed by atoms with Crippen LogP contribution in [0.4, 0.5) is 13.2 Å². The zero-order valence-corrected chi connectivity index (χ0v) is 14.9. The minimum Gasteiger partial charge on any atom is -0.460 e. The first-order valence-electron chi connectivity index (χ1n) is 7.63. The molecule has 148 valence electrons. The second-order valence-electron chi connectivity index (χ2n) is 5.19. The first-order valence-corrected chi connectivity index (χ1v) is 9.04. The summed E-state index contributed by atoms with van der Waals surface area (Å²) in [4.78, 5) is 19.3. The molecule has 1 aromatic carbocycles. The third-order valence-electron chi connectivity index (χ3n) is 3.32. The summed E-state index contributed by atoms with van der Waals surface area (Å²) in [6.45, 7) is 1.62. The number of hydrogen-bond acceptors (Lipinski definition) is 8. The molecule has 9 nitrogen and oxygen atoms in total. The topological polar surface area (TPSA) is 113 Å². The van der Waals surface area contributed by atoms with Gasteiger partial charge in [-0.1, -0.05) is 18.2 Å². The first kappa shape index (κ1) is 19.5. The van der Waals surface area contributed by atoms with E-state index in [4.69, 9.17) is 4.74 Å². The number of halogens is 3. The van der Waals surface area contributed by atoms with Gasteiger partial charge in [-0.25, -0.2) is 9.78 Å². The second-order valence-corrected chi connectivity index (χ2v) is 6.72. The molecule has 0 aliphatic carbocycles. The van der Waals surface area contributed by atoms with Crippen molar-refractivity contribution < 1.29 is 35.3 Å². The van der Waals surface area contributed by atoms with Crippen molar-refractivity contribution in [2.24, 2.45) is 0 Å². The summed E-state index contributed by atoms with van der Waals surface area (Å²) in [6.07, 6.45) is 0.933. The zero-order valence-electron chi connectivity index (χ0n) is 14.0. The summed E-state index contributed by atoms with van der Waals surface area (Å²) >= 11 is 0. The number of benzene rings is 1. The largest absolute Gasteiger partial charge is 0.534 e. The van der Waals surface area contributed by atoms with Crippen LogP contribution in [0.1, 0.15) is 17.5 Å². The van der Waals surface area contributed by atoms with Crippen molar-refractivity contribution in [2.45, 2.75) is 12.4 Å². The van der Waals surface area contributed by atoms with Crippen LogP contribution in [0.3, 0.4) is 0 Å². The van der Waals surface area contributed by atoms with Crippen molar-refractivity contribution in [1.29, 1.82) is 0 Å². The molecule has 0 unspecified atom stereocenters. The average Bonchev–Trinajstić information content (AvgIpc) is 2.99. The van der Waals surface area contributed by atoms with Gasteiger partial charge >= 0.3 is 21.6 Å². The van der Waals surface area contributed by atoms with Gasteiger partial charge in [0.1, 0.15) is 5.39 Å². The number of carbonyl (C=O) groups excluding carboxylic acids is 1. The van der Waals surface area contributed by atoms with Crippen LogP contribution in [0.2, 0.25) is 0 Å². The predicted octanol–water partition coefficient (Wildman–Crippen LogP) is 2.22. The van der Waals surface area contributed by atoms with Crippen LogP contribution in [-0.2, 0) is 14.9 Å². The highest BCUT2D eigenvalue weighted by molar-refractivity contribution is 7.88. The average molecular weight is 416 g/mol. The Kier molecular flexibility index (Phi) is 4.93. The smallest absolute Gasteiger partial charge is 0.460 e. The summed E-state index contributed by atoms with van der Waals surface area (Å²) in [5.74, 6) is -2.03. The fourth-order valence-corrected chi connectivity index (χ4v) is 2.59. The molecule has 2 aromatic heterocycles. The number of alkyl halides is 3. The molecule has 0 atom stereocenters. The van der Waals surface area contributed by atoms with Gasteiger partial charge in [-0.05, 0) is 19.1 Å². The van der Waals surface area contributed by atoms with Gasteiger partial charge < -0.3 is 8.92 Å². The van der Waals surface area contributed by atoms with Gasteiger partial charge in [0.2, 0.25) is 11.7 Å². The Bertz CT molecular complexity index is 1130. The van der Waals surface area contributed by atoms with Crippen molar-refractivity contribution in [3.63, 3.8) is 0 Å². The van der Waals surface area contributed by atoms with Gasteiger partial charge in [-0.3, -0.25) is 0 Å². The molecule has 0 fully saturated rings. The molecule has 3 aromatic rings. The fourth-order valence-electron chi connectivity index (χ4n) is 2.12. The number of esters is 1. The molecule has 0 N–H and O–H groups in total. The molecule has 2 heterocycles. The van der Waals surface area contributed by atoms with E-state index in [-0.39, 0.29) is 23.3 Å². The quantitative estimate of drug-likeness (QED) is 0.353. The minimum absolute atomic E-state index is 0.0525. The molecule has 0 saturated carbocycles. The Morgan fingerprint density at radius 2 is 1.89 bits per heavy atom. The van der Waals surface area contributed by atoms with Gasteiger partial charge in [0.25, 0.3) is 0 Å². The van der Waals surface area contributed by atoms with E-state index in [0.717, 1.165) is 10.9 Å². The van der Waals surface area contributed by atoms with Gasteiger partial charge in [-0.2, -0.15) is 31.3 Å². The lowest BCUT2D eigenvalue weighted by atomic mass is 10.3. The molecule has 0 amide bonds. The molecule has 0 bridgehead atoms. The summed E-state index contributed by atoms with van der Waals surface area (Å²) in [5.41, 5.74) is -5.71. The Hall–Kier alpha value is -3.22. The number of fused-ring (bicyclic) bond motifs is 1. The van der Waals surface area contributed by atoms with Crippen molar-refractivity contribution >= 4 is 27.1 Å². The maximum Gasteiger partial charge on any atom is 0.534 e. The lowest BCUT2D eigenvalue weighted by molar-refractivity contribution is -0.0501. The predicted molar refractivity (Wildman–Crippen MR) is 88.2 cm³/mol. The van der Waals surface area contributed by atoms with Crippen molar-refractivity contribution in [3.8, 4) is 11.6 Å². The molecular weight excluding hydrogens is 405 g/mol. The second kappa shape index (κ2) is 7.07. The molecule has 28 heavy (non-hydrogen) atoms.